The minimum Gasteiger partial charge on any atom is -0.327 e. The third kappa shape index (κ3) is 2.13. The Morgan fingerprint density at radius 1 is 1.33 bits per heavy atom. The van der Waals surface area contributed by atoms with Crippen LogP contribution in [0.1, 0.15) is 12.6 Å². The fourth-order valence-corrected chi connectivity index (χ4v) is 3.10. The van der Waals surface area contributed by atoms with Crippen LogP contribution in [0.2, 0.25) is 0 Å². The van der Waals surface area contributed by atoms with Gasteiger partial charge in [0, 0.05) is 11.5 Å². The Labute approximate surface area is 132 Å². The van der Waals surface area contributed by atoms with Crippen LogP contribution >= 0.6 is 28.1 Å². The first-order valence-electron chi connectivity index (χ1n) is 6.25. The molecule has 0 saturated heterocycles. The summed E-state index contributed by atoms with van der Waals surface area (Å²) in [4.78, 5) is 2.98. The van der Waals surface area contributed by atoms with Gasteiger partial charge in [0.1, 0.15) is 11.2 Å². The topological polar surface area (TPSA) is 38.5 Å². The molecule has 1 N–H and O–H groups in total. The predicted molar refractivity (Wildman–Crippen MR) is 82.2 cm³/mol. The van der Waals surface area contributed by atoms with Gasteiger partial charge >= 0.3 is 0 Å². The van der Waals surface area contributed by atoms with Gasteiger partial charge in [-0.25, -0.2) is 13.5 Å². The molecule has 8 heteroatoms. The molecule has 0 bridgehead atoms. The van der Waals surface area contributed by atoms with E-state index in [9.17, 15) is 8.78 Å². The van der Waals surface area contributed by atoms with Gasteiger partial charge in [0.15, 0.2) is 22.1 Å². The van der Waals surface area contributed by atoms with Crippen molar-refractivity contribution in [3.8, 4) is 5.69 Å². The van der Waals surface area contributed by atoms with E-state index in [0.29, 0.717) is 22.1 Å². The molecule has 3 aromatic rings. The quantitative estimate of drug-likeness (QED) is 0.689. The van der Waals surface area contributed by atoms with Crippen LogP contribution in [0.4, 0.5) is 8.78 Å². The zero-order chi connectivity index (χ0) is 15.3. The number of benzene rings is 1. The summed E-state index contributed by atoms with van der Waals surface area (Å²) in [5.74, 6) is -1.39. The standard InChI is InChI=1S/C13H11BrF2N4S/c1-3-9-10-12(19(2)18-9)20(13(21)17-10)11-7(15)4-6(14)5-8(11)16/h4-5H,3H2,1-2H3,(H,17,21). The fraction of sp³-hybridized carbons (Fsp3) is 0.231. The lowest BCUT2D eigenvalue weighted by atomic mass is 10.3. The molecule has 0 saturated carbocycles. The number of fused-ring (bicyclic) bond motifs is 1. The van der Waals surface area contributed by atoms with Crippen molar-refractivity contribution in [1.82, 2.24) is 19.3 Å². The number of aromatic nitrogens is 4. The van der Waals surface area contributed by atoms with E-state index in [1.54, 1.807) is 11.7 Å². The lowest BCUT2D eigenvalue weighted by Crippen LogP contribution is -2.05. The smallest absolute Gasteiger partial charge is 0.184 e. The molecule has 3 rings (SSSR count). The highest BCUT2D eigenvalue weighted by Crippen LogP contribution is 2.28. The van der Waals surface area contributed by atoms with Crippen molar-refractivity contribution in [2.75, 3.05) is 0 Å². The average molecular weight is 373 g/mol. The van der Waals surface area contributed by atoms with Gasteiger partial charge in [-0.15, -0.1) is 0 Å². The molecule has 0 aliphatic carbocycles. The zero-order valence-corrected chi connectivity index (χ0v) is 13.6. The molecule has 0 spiro atoms. The zero-order valence-electron chi connectivity index (χ0n) is 11.2. The maximum Gasteiger partial charge on any atom is 0.184 e. The lowest BCUT2D eigenvalue weighted by Gasteiger charge is -2.08. The largest absolute Gasteiger partial charge is 0.327 e. The second kappa shape index (κ2) is 5.03. The Hall–Kier alpha value is -1.54. The SMILES string of the molecule is CCc1nn(C)c2c1[nH]c(=S)n2-c1c(F)cc(Br)cc1F. The van der Waals surface area contributed by atoms with E-state index in [-0.39, 0.29) is 10.5 Å². The van der Waals surface area contributed by atoms with Crippen molar-refractivity contribution >= 4 is 39.3 Å². The highest BCUT2D eigenvalue weighted by atomic mass is 79.9. The van der Waals surface area contributed by atoms with Gasteiger partial charge in [-0.3, -0.25) is 4.57 Å². The summed E-state index contributed by atoms with van der Waals surface area (Å²) < 4.78 is 31.9. The molecular weight excluding hydrogens is 362 g/mol. The van der Waals surface area contributed by atoms with E-state index in [0.717, 1.165) is 5.69 Å². The molecule has 0 atom stereocenters. The first kappa shape index (κ1) is 14.4. The Bertz CT molecular complexity index is 886. The van der Waals surface area contributed by atoms with Gasteiger partial charge in [0.25, 0.3) is 0 Å². The normalized spacial score (nSPS) is 11.5. The number of hydrogen-bond acceptors (Lipinski definition) is 2. The van der Waals surface area contributed by atoms with Crippen LogP contribution < -0.4 is 0 Å². The van der Waals surface area contributed by atoms with Gasteiger partial charge in [0.05, 0.1) is 5.69 Å². The molecule has 2 aromatic heterocycles. The van der Waals surface area contributed by atoms with Crippen LogP contribution in [0.3, 0.4) is 0 Å². The minimum absolute atomic E-state index is 0.208. The third-order valence-electron chi connectivity index (χ3n) is 3.28. The van der Waals surface area contributed by atoms with Gasteiger partial charge in [-0.1, -0.05) is 22.9 Å². The van der Waals surface area contributed by atoms with Crippen molar-refractivity contribution < 1.29 is 8.78 Å². The number of nitrogens with one attached hydrogen (secondary N) is 1. The summed E-state index contributed by atoms with van der Waals surface area (Å²) in [5, 5.41) is 4.34. The van der Waals surface area contributed by atoms with Crippen LogP contribution in [-0.4, -0.2) is 19.3 Å². The van der Waals surface area contributed by atoms with E-state index in [4.69, 9.17) is 12.2 Å². The molecule has 4 nitrogen and oxygen atoms in total. The molecule has 1 aromatic carbocycles. The van der Waals surface area contributed by atoms with Crippen molar-refractivity contribution in [3.63, 3.8) is 0 Å². The van der Waals surface area contributed by atoms with Crippen LogP contribution in [0, 0.1) is 16.4 Å². The monoisotopic (exact) mass is 372 g/mol. The van der Waals surface area contributed by atoms with Crippen LogP contribution in [0.15, 0.2) is 16.6 Å². The predicted octanol–water partition coefficient (Wildman–Crippen LogP) is 4.02. The van der Waals surface area contributed by atoms with E-state index in [1.807, 2.05) is 6.92 Å². The van der Waals surface area contributed by atoms with Crippen LogP contribution in [-0.2, 0) is 13.5 Å². The number of nitrogens with zero attached hydrogens (tertiary/aromatic N) is 3. The molecular formula is C13H11BrF2N4S. The summed E-state index contributed by atoms with van der Waals surface area (Å²) in [7, 11) is 1.72. The number of halogens is 3. The summed E-state index contributed by atoms with van der Waals surface area (Å²) in [6, 6.07) is 2.41. The molecule has 0 aliphatic heterocycles. The lowest BCUT2D eigenvalue weighted by molar-refractivity contribution is 0.566. The number of rotatable bonds is 2. The Balaban J connectivity index is 2.44. The Morgan fingerprint density at radius 3 is 2.52 bits per heavy atom. The molecule has 110 valence electrons. The summed E-state index contributed by atoms with van der Waals surface area (Å²) in [6.45, 7) is 1.96. The minimum atomic E-state index is -0.696. The number of hydrogen-bond donors (Lipinski definition) is 1. The maximum absolute atomic E-state index is 14.2. The first-order chi connectivity index (χ1) is 9.93. The molecule has 0 aliphatic rings. The summed E-state index contributed by atoms with van der Waals surface area (Å²) in [5.41, 5.74) is 1.83. The van der Waals surface area contributed by atoms with Crippen molar-refractivity contribution in [2.45, 2.75) is 13.3 Å². The first-order valence-corrected chi connectivity index (χ1v) is 7.45. The van der Waals surface area contributed by atoms with Crippen molar-refractivity contribution in [3.05, 3.63) is 38.7 Å². The Kier molecular flexibility index (Phi) is 3.45. The van der Waals surface area contributed by atoms with Crippen LogP contribution in [0.25, 0.3) is 16.9 Å². The number of aryl methyl sites for hydroxylation is 2. The van der Waals surface area contributed by atoms with E-state index >= 15 is 0 Å². The second-order valence-corrected chi connectivity index (χ2v) is 5.91. The second-order valence-electron chi connectivity index (χ2n) is 4.61. The van der Waals surface area contributed by atoms with E-state index in [1.165, 1.54) is 16.7 Å². The van der Waals surface area contributed by atoms with Gasteiger partial charge < -0.3 is 4.98 Å². The van der Waals surface area contributed by atoms with Crippen molar-refractivity contribution in [2.24, 2.45) is 7.05 Å². The number of H-pyrrole nitrogens is 1. The summed E-state index contributed by atoms with van der Waals surface area (Å²) >= 11 is 8.30. The summed E-state index contributed by atoms with van der Waals surface area (Å²) in [6.07, 6.45) is 0.692. The maximum atomic E-state index is 14.2. The van der Waals surface area contributed by atoms with Gasteiger partial charge in [-0.2, -0.15) is 5.10 Å². The van der Waals surface area contributed by atoms with E-state index < -0.39 is 11.6 Å². The number of aromatic amines is 1. The molecule has 21 heavy (non-hydrogen) atoms. The molecule has 0 unspecified atom stereocenters. The van der Waals surface area contributed by atoms with Crippen LogP contribution in [0.5, 0.6) is 0 Å². The molecule has 0 radical (unpaired) electrons. The molecule has 0 amide bonds. The van der Waals surface area contributed by atoms with Gasteiger partial charge in [0.2, 0.25) is 0 Å². The molecule has 2 heterocycles. The fourth-order valence-electron chi connectivity index (χ4n) is 2.42. The highest BCUT2D eigenvalue weighted by Gasteiger charge is 2.20. The Morgan fingerprint density at radius 2 is 1.95 bits per heavy atom. The van der Waals surface area contributed by atoms with Gasteiger partial charge in [-0.05, 0) is 30.8 Å². The highest BCUT2D eigenvalue weighted by molar-refractivity contribution is 9.10. The average Bonchev–Trinajstić information content (AvgIpc) is 2.87. The van der Waals surface area contributed by atoms with Crippen molar-refractivity contribution in [1.29, 1.82) is 0 Å². The van der Waals surface area contributed by atoms with E-state index in [2.05, 4.69) is 26.0 Å². The number of imidazole rings is 1. The molecule has 0 fully saturated rings. The third-order valence-corrected chi connectivity index (χ3v) is 4.02.